The normalized spacial score (nSPS) is 21.6. The first-order chi connectivity index (χ1) is 13.1. The highest BCUT2D eigenvalue weighted by Crippen LogP contribution is 2.26. The molecule has 1 aliphatic heterocycles. The summed E-state index contributed by atoms with van der Waals surface area (Å²) < 4.78 is 2.29. The van der Waals surface area contributed by atoms with E-state index in [0.717, 1.165) is 57.8 Å². The van der Waals surface area contributed by atoms with Crippen molar-refractivity contribution in [2.24, 2.45) is 5.92 Å². The van der Waals surface area contributed by atoms with E-state index in [1.54, 1.807) is 0 Å². The van der Waals surface area contributed by atoms with Gasteiger partial charge in [-0.15, -0.1) is 0 Å². The standard InChI is InChI=1S/C21H37N5O/c1-24(2)12-7-14-25-15-11-22-20(25)19-10-6-13-26(17-19)21(27)23-16-18-8-4-3-5-9-18/h11,15,18-19H,3-10,12-14,16-17H2,1-2H3,(H,23,27)/t19-/m0/s1. The quantitative estimate of drug-likeness (QED) is 0.795. The van der Waals surface area contributed by atoms with Crippen molar-refractivity contribution < 1.29 is 4.79 Å². The Morgan fingerprint density at radius 2 is 2.04 bits per heavy atom. The maximum Gasteiger partial charge on any atom is 0.317 e. The van der Waals surface area contributed by atoms with Crippen LogP contribution in [0.3, 0.4) is 0 Å². The van der Waals surface area contributed by atoms with E-state index < -0.39 is 0 Å². The summed E-state index contributed by atoms with van der Waals surface area (Å²) in [5, 5.41) is 3.20. The molecule has 0 bridgehead atoms. The molecule has 6 heteroatoms. The number of piperidine rings is 1. The van der Waals surface area contributed by atoms with Crippen molar-refractivity contribution in [1.82, 2.24) is 24.7 Å². The molecule has 1 aromatic heterocycles. The fraction of sp³-hybridized carbons (Fsp3) is 0.810. The number of aryl methyl sites for hydroxylation is 1. The van der Waals surface area contributed by atoms with Gasteiger partial charge in [0.25, 0.3) is 0 Å². The zero-order valence-corrected chi connectivity index (χ0v) is 17.2. The van der Waals surface area contributed by atoms with Crippen LogP contribution < -0.4 is 5.32 Å². The van der Waals surface area contributed by atoms with Gasteiger partial charge in [-0.25, -0.2) is 9.78 Å². The number of imidazole rings is 1. The highest BCUT2D eigenvalue weighted by molar-refractivity contribution is 5.74. The van der Waals surface area contributed by atoms with Crippen LogP contribution in [0.4, 0.5) is 4.79 Å². The molecule has 1 aromatic rings. The molecule has 27 heavy (non-hydrogen) atoms. The zero-order valence-electron chi connectivity index (χ0n) is 17.2. The van der Waals surface area contributed by atoms with Crippen LogP contribution in [0.15, 0.2) is 12.4 Å². The molecule has 0 unspecified atom stereocenters. The van der Waals surface area contributed by atoms with Gasteiger partial charge in [0, 0.05) is 44.5 Å². The summed E-state index contributed by atoms with van der Waals surface area (Å²) in [6.07, 6.45) is 13.9. The monoisotopic (exact) mass is 375 g/mol. The summed E-state index contributed by atoms with van der Waals surface area (Å²) >= 11 is 0. The van der Waals surface area contributed by atoms with E-state index in [9.17, 15) is 4.79 Å². The van der Waals surface area contributed by atoms with Crippen LogP contribution in [0.1, 0.15) is 63.1 Å². The van der Waals surface area contributed by atoms with E-state index >= 15 is 0 Å². The molecular formula is C21H37N5O. The fourth-order valence-electron chi connectivity index (χ4n) is 4.53. The molecule has 152 valence electrons. The maximum absolute atomic E-state index is 12.7. The molecule has 0 spiro atoms. The van der Waals surface area contributed by atoms with Crippen molar-refractivity contribution in [3.63, 3.8) is 0 Å². The van der Waals surface area contributed by atoms with Gasteiger partial charge in [0.2, 0.25) is 0 Å². The number of nitrogens with one attached hydrogen (secondary N) is 1. The Morgan fingerprint density at radius 1 is 1.22 bits per heavy atom. The Bertz CT molecular complexity index is 579. The Kier molecular flexibility index (Phi) is 7.56. The van der Waals surface area contributed by atoms with Gasteiger partial charge in [-0.05, 0) is 58.7 Å². The molecule has 0 radical (unpaired) electrons. The fourth-order valence-corrected chi connectivity index (χ4v) is 4.53. The lowest BCUT2D eigenvalue weighted by Crippen LogP contribution is -2.46. The first-order valence-electron chi connectivity index (χ1n) is 10.8. The lowest BCUT2D eigenvalue weighted by molar-refractivity contribution is 0.174. The van der Waals surface area contributed by atoms with E-state index in [2.05, 4.69) is 40.1 Å². The molecule has 1 atom stereocenters. The number of rotatable bonds is 7. The van der Waals surface area contributed by atoms with Crippen molar-refractivity contribution in [1.29, 1.82) is 0 Å². The SMILES string of the molecule is CN(C)CCCn1ccnc1[C@H]1CCCN(C(=O)NCC2CCCCC2)C1. The second kappa shape index (κ2) is 10.1. The van der Waals surface area contributed by atoms with Crippen molar-refractivity contribution in [2.75, 3.05) is 40.3 Å². The molecule has 2 aliphatic rings. The molecule has 0 aromatic carbocycles. The minimum Gasteiger partial charge on any atom is -0.338 e. The largest absolute Gasteiger partial charge is 0.338 e. The van der Waals surface area contributed by atoms with E-state index in [0.29, 0.717) is 11.8 Å². The predicted octanol–water partition coefficient (Wildman–Crippen LogP) is 3.30. The van der Waals surface area contributed by atoms with Crippen molar-refractivity contribution >= 4 is 6.03 Å². The van der Waals surface area contributed by atoms with Crippen LogP contribution in [0.2, 0.25) is 0 Å². The van der Waals surface area contributed by atoms with Gasteiger partial charge in [-0.3, -0.25) is 0 Å². The van der Waals surface area contributed by atoms with Gasteiger partial charge in [0.05, 0.1) is 0 Å². The third-order valence-electron chi connectivity index (χ3n) is 6.09. The molecular weight excluding hydrogens is 338 g/mol. The number of amides is 2. The molecule has 2 fully saturated rings. The number of carbonyl (C=O) groups is 1. The molecule has 3 rings (SSSR count). The van der Waals surface area contributed by atoms with Crippen LogP contribution in [0.25, 0.3) is 0 Å². The van der Waals surface area contributed by atoms with Crippen molar-refractivity contribution in [2.45, 2.75) is 63.8 Å². The Hall–Kier alpha value is -1.56. The average Bonchev–Trinajstić information content (AvgIpc) is 3.15. The number of hydrogen-bond donors (Lipinski definition) is 1. The van der Waals surface area contributed by atoms with E-state index in [1.807, 2.05) is 11.1 Å². The van der Waals surface area contributed by atoms with Gasteiger partial charge in [0.15, 0.2) is 0 Å². The molecule has 1 aliphatic carbocycles. The molecule has 2 amide bonds. The second-order valence-corrected chi connectivity index (χ2v) is 8.61. The average molecular weight is 376 g/mol. The Balaban J connectivity index is 1.50. The first kappa shape index (κ1) is 20.2. The van der Waals surface area contributed by atoms with E-state index in [1.165, 1.54) is 32.1 Å². The Morgan fingerprint density at radius 3 is 2.81 bits per heavy atom. The minimum absolute atomic E-state index is 0.121. The van der Waals surface area contributed by atoms with Crippen LogP contribution in [0, 0.1) is 5.92 Å². The number of hydrogen-bond acceptors (Lipinski definition) is 3. The highest BCUT2D eigenvalue weighted by atomic mass is 16.2. The van der Waals surface area contributed by atoms with Gasteiger partial charge in [-0.2, -0.15) is 0 Å². The number of carbonyl (C=O) groups excluding carboxylic acids is 1. The topological polar surface area (TPSA) is 53.4 Å². The summed E-state index contributed by atoms with van der Waals surface area (Å²) in [7, 11) is 4.22. The molecule has 2 heterocycles. The summed E-state index contributed by atoms with van der Waals surface area (Å²) in [6.45, 7) is 4.59. The number of nitrogens with zero attached hydrogens (tertiary/aromatic N) is 4. The minimum atomic E-state index is 0.121. The number of urea groups is 1. The molecule has 1 saturated carbocycles. The molecule has 1 N–H and O–H groups in total. The van der Waals surface area contributed by atoms with Gasteiger partial charge in [-0.1, -0.05) is 19.3 Å². The van der Waals surface area contributed by atoms with Gasteiger partial charge >= 0.3 is 6.03 Å². The number of aromatic nitrogens is 2. The summed E-state index contributed by atoms with van der Waals surface area (Å²) in [6, 6.07) is 0.121. The maximum atomic E-state index is 12.7. The Labute approximate surface area is 164 Å². The zero-order chi connectivity index (χ0) is 19.1. The first-order valence-corrected chi connectivity index (χ1v) is 10.8. The van der Waals surface area contributed by atoms with Gasteiger partial charge < -0.3 is 19.7 Å². The summed E-state index contributed by atoms with van der Waals surface area (Å²) in [5.41, 5.74) is 0. The predicted molar refractivity (Wildman–Crippen MR) is 109 cm³/mol. The van der Waals surface area contributed by atoms with Crippen LogP contribution in [0.5, 0.6) is 0 Å². The lowest BCUT2D eigenvalue weighted by Gasteiger charge is -2.33. The lowest BCUT2D eigenvalue weighted by atomic mass is 9.89. The van der Waals surface area contributed by atoms with Crippen LogP contribution >= 0.6 is 0 Å². The summed E-state index contributed by atoms with van der Waals surface area (Å²) in [4.78, 5) is 21.5. The second-order valence-electron chi connectivity index (χ2n) is 8.61. The van der Waals surface area contributed by atoms with E-state index in [4.69, 9.17) is 0 Å². The molecule has 1 saturated heterocycles. The highest BCUT2D eigenvalue weighted by Gasteiger charge is 2.27. The van der Waals surface area contributed by atoms with Crippen LogP contribution in [-0.4, -0.2) is 65.7 Å². The third kappa shape index (κ3) is 5.96. The van der Waals surface area contributed by atoms with Crippen molar-refractivity contribution in [3.05, 3.63) is 18.2 Å². The van der Waals surface area contributed by atoms with Gasteiger partial charge in [0.1, 0.15) is 5.82 Å². The van der Waals surface area contributed by atoms with Crippen molar-refractivity contribution in [3.8, 4) is 0 Å². The summed E-state index contributed by atoms with van der Waals surface area (Å²) in [5.74, 6) is 2.19. The van der Waals surface area contributed by atoms with E-state index in [-0.39, 0.29) is 6.03 Å². The third-order valence-corrected chi connectivity index (χ3v) is 6.09. The number of likely N-dealkylation sites (tertiary alicyclic amines) is 1. The smallest absolute Gasteiger partial charge is 0.317 e. The molecule has 6 nitrogen and oxygen atoms in total. The van der Waals surface area contributed by atoms with Crippen LogP contribution in [-0.2, 0) is 6.54 Å².